The van der Waals surface area contributed by atoms with Gasteiger partial charge >= 0.3 is 0 Å². The Morgan fingerprint density at radius 3 is 2.45 bits per heavy atom. The summed E-state index contributed by atoms with van der Waals surface area (Å²) in [6.07, 6.45) is 1.88. The summed E-state index contributed by atoms with van der Waals surface area (Å²) in [4.78, 5) is 0. The van der Waals surface area contributed by atoms with Crippen LogP contribution in [0.3, 0.4) is 0 Å². The number of nitrogens with one attached hydrogen (secondary N) is 1. The van der Waals surface area contributed by atoms with Crippen LogP contribution in [0.15, 0.2) is 0 Å². The molecule has 7 heteroatoms. The van der Waals surface area contributed by atoms with E-state index in [4.69, 9.17) is 4.74 Å². The standard InChI is InChI=1S/C13H27N3O3S/c1-4-16(13-6-5-7-14-8-13)20(17,18)15-9-11(2)19-12(3)10-15/h11-14H,4-10H2,1-3H3. The van der Waals surface area contributed by atoms with Crippen LogP contribution in [0.5, 0.6) is 0 Å². The minimum absolute atomic E-state index is 0.0447. The lowest BCUT2D eigenvalue weighted by Crippen LogP contribution is -2.57. The van der Waals surface area contributed by atoms with Crippen LogP contribution >= 0.6 is 0 Å². The quantitative estimate of drug-likeness (QED) is 0.817. The zero-order chi connectivity index (χ0) is 14.8. The summed E-state index contributed by atoms with van der Waals surface area (Å²) in [6, 6.07) is 0.0761. The zero-order valence-corrected chi connectivity index (χ0v) is 13.5. The summed E-state index contributed by atoms with van der Waals surface area (Å²) >= 11 is 0. The fourth-order valence-electron chi connectivity index (χ4n) is 3.16. The van der Waals surface area contributed by atoms with Crippen LogP contribution in [0.4, 0.5) is 0 Å². The highest BCUT2D eigenvalue weighted by molar-refractivity contribution is 7.86. The van der Waals surface area contributed by atoms with E-state index in [1.54, 1.807) is 8.61 Å². The van der Waals surface area contributed by atoms with Gasteiger partial charge in [-0.1, -0.05) is 6.92 Å². The van der Waals surface area contributed by atoms with Crippen molar-refractivity contribution in [2.75, 3.05) is 32.7 Å². The molecule has 0 aliphatic carbocycles. The third kappa shape index (κ3) is 3.51. The van der Waals surface area contributed by atoms with Gasteiger partial charge in [0.25, 0.3) is 10.2 Å². The maximum Gasteiger partial charge on any atom is 0.282 e. The molecule has 0 aromatic carbocycles. The van der Waals surface area contributed by atoms with Gasteiger partial charge in [-0.05, 0) is 33.2 Å². The molecule has 118 valence electrons. The molecule has 2 aliphatic heterocycles. The second-order valence-electron chi connectivity index (χ2n) is 5.79. The van der Waals surface area contributed by atoms with E-state index < -0.39 is 10.2 Å². The molecule has 2 rings (SSSR count). The molecule has 2 fully saturated rings. The first-order valence-electron chi connectivity index (χ1n) is 7.58. The molecule has 2 saturated heterocycles. The fraction of sp³-hybridized carbons (Fsp3) is 1.00. The number of nitrogens with zero attached hydrogens (tertiary/aromatic N) is 2. The van der Waals surface area contributed by atoms with Gasteiger partial charge in [0.05, 0.1) is 12.2 Å². The molecule has 0 saturated carbocycles. The number of ether oxygens (including phenoxy) is 1. The Labute approximate surface area is 122 Å². The van der Waals surface area contributed by atoms with Crippen molar-refractivity contribution in [2.24, 2.45) is 0 Å². The van der Waals surface area contributed by atoms with E-state index in [2.05, 4.69) is 5.32 Å². The minimum Gasteiger partial charge on any atom is -0.373 e. The summed E-state index contributed by atoms with van der Waals surface area (Å²) in [5, 5.41) is 3.29. The number of hydrogen-bond donors (Lipinski definition) is 1. The monoisotopic (exact) mass is 305 g/mol. The van der Waals surface area contributed by atoms with Gasteiger partial charge in [0.2, 0.25) is 0 Å². The number of hydrogen-bond acceptors (Lipinski definition) is 4. The third-order valence-corrected chi connectivity index (χ3v) is 6.10. The lowest BCUT2D eigenvalue weighted by atomic mass is 10.1. The summed E-state index contributed by atoms with van der Waals surface area (Å²) in [7, 11) is -3.39. The van der Waals surface area contributed by atoms with Crippen molar-refractivity contribution < 1.29 is 13.2 Å². The number of piperidine rings is 1. The van der Waals surface area contributed by atoms with Gasteiger partial charge in [0.1, 0.15) is 0 Å². The summed E-state index contributed by atoms with van der Waals surface area (Å²) in [5.74, 6) is 0. The van der Waals surface area contributed by atoms with Gasteiger partial charge in [-0.2, -0.15) is 17.0 Å². The average molecular weight is 305 g/mol. The number of rotatable bonds is 4. The van der Waals surface area contributed by atoms with Gasteiger partial charge in [0.15, 0.2) is 0 Å². The lowest BCUT2D eigenvalue weighted by molar-refractivity contribution is -0.0458. The SMILES string of the molecule is CCN(C1CCCNC1)S(=O)(=O)N1CC(C)OC(C)C1. The number of likely N-dealkylation sites (N-methyl/N-ethyl adjacent to an activating group) is 1. The van der Waals surface area contributed by atoms with Gasteiger partial charge in [-0.3, -0.25) is 0 Å². The fourth-order valence-corrected chi connectivity index (χ4v) is 5.13. The smallest absolute Gasteiger partial charge is 0.282 e. The van der Waals surface area contributed by atoms with Crippen molar-refractivity contribution >= 4 is 10.2 Å². The van der Waals surface area contributed by atoms with E-state index in [0.29, 0.717) is 19.6 Å². The van der Waals surface area contributed by atoms with Crippen molar-refractivity contribution in [3.8, 4) is 0 Å². The topological polar surface area (TPSA) is 61.9 Å². The van der Waals surface area contributed by atoms with Gasteiger partial charge < -0.3 is 10.1 Å². The summed E-state index contributed by atoms with van der Waals surface area (Å²) in [5.41, 5.74) is 0. The van der Waals surface area contributed by atoms with Crippen LogP contribution < -0.4 is 5.32 Å². The molecule has 2 heterocycles. The van der Waals surface area contributed by atoms with E-state index in [1.165, 1.54) is 0 Å². The largest absolute Gasteiger partial charge is 0.373 e. The second kappa shape index (κ2) is 6.70. The molecule has 0 amide bonds. The Morgan fingerprint density at radius 2 is 1.95 bits per heavy atom. The van der Waals surface area contributed by atoms with Crippen molar-refractivity contribution in [2.45, 2.75) is 51.9 Å². The molecule has 0 aromatic heterocycles. The maximum atomic E-state index is 12.9. The molecule has 3 atom stereocenters. The van der Waals surface area contributed by atoms with E-state index in [9.17, 15) is 8.42 Å². The molecule has 0 radical (unpaired) electrons. The van der Waals surface area contributed by atoms with Crippen LogP contribution in [-0.2, 0) is 14.9 Å². The van der Waals surface area contributed by atoms with Crippen molar-refractivity contribution in [1.82, 2.24) is 13.9 Å². The van der Waals surface area contributed by atoms with Crippen molar-refractivity contribution in [3.63, 3.8) is 0 Å². The molecular formula is C13H27N3O3S. The minimum atomic E-state index is -3.39. The molecule has 0 bridgehead atoms. The van der Waals surface area contributed by atoms with Crippen LogP contribution in [0, 0.1) is 0 Å². The number of morpholine rings is 1. The first-order chi connectivity index (χ1) is 9.45. The van der Waals surface area contributed by atoms with Gasteiger partial charge in [0, 0.05) is 32.2 Å². The Kier molecular flexibility index (Phi) is 5.42. The highest BCUT2D eigenvalue weighted by atomic mass is 32.2. The molecule has 1 N–H and O–H groups in total. The van der Waals surface area contributed by atoms with Gasteiger partial charge in [-0.15, -0.1) is 0 Å². The molecular weight excluding hydrogens is 278 g/mol. The van der Waals surface area contributed by atoms with Crippen molar-refractivity contribution in [3.05, 3.63) is 0 Å². The van der Waals surface area contributed by atoms with E-state index in [1.807, 2.05) is 20.8 Å². The molecule has 0 spiro atoms. The third-order valence-electron chi connectivity index (χ3n) is 4.00. The average Bonchev–Trinajstić information content (AvgIpc) is 2.39. The van der Waals surface area contributed by atoms with E-state index in [0.717, 1.165) is 25.9 Å². The zero-order valence-electron chi connectivity index (χ0n) is 12.7. The first-order valence-corrected chi connectivity index (χ1v) is 8.98. The molecule has 6 nitrogen and oxygen atoms in total. The Bertz CT molecular complexity index is 399. The molecule has 2 aliphatic rings. The van der Waals surface area contributed by atoms with Gasteiger partial charge in [-0.25, -0.2) is 0 Å². The molecule has 0 aromatic rings. The summed E-state index contributed by atoms with van der Waals surface area (Å²) < 4.78 is 34.6. The predicted octanol–water partition coefficient (Wildman–Crippen LogP) is 0.414. The van der Waals surface area contributed by atoms with E-state index >= 15 is 0 Å². The molecule has 20 heavy (non-hydrogen) atoms. The van der Waals surface area contributed by atoms with Crippen LogP contribution in [0.25, 0.3) is 0 Å². The Hall–Kier alpha value is -0.210. The Balaban J connectivity index is 2.13. The normalized spacial score (nSPS) is 33.5. The predicted molar refractivity (Wildman–Crippen MR) is 78.8 cm³/mol. The second-order valence-corrected chi connectivity index (χ2v) is 7.67. The maximum absolute atomic E-state index is 12.9. The van der Waals surface area contributed by atoms with E-state index in [-0.39, 0.29) is 18.2 Å². The van der Waals surface area contributed by atoms with Crippen LogP contribution in [-0.4, -0.2) is 68.0 Å². The highest BCUT2D eigenvalue weighted by Crippen LogP contribution is 2.21. The summed E-state index contributed by atoms with van der Waals surface area (Å²) in [6.45, 7) is 8.93. The lowest BCUT2D eigenvalue weighted by Gasteiger charge is -2.40. The van der Waals surface area contributed by atoms with Crippen LogP contribution in [0.2, 0.25) is 0 Å². The Morgan fingerprint density at radius 1 is 1.30 bits per heavy atom. The highest BCUT2D eigenvalue weighted by Gasteiger charge is 2.38. The molecule has 3 unspecified atom stereocenters. The first kappa shape index (κ1) is 16.2. The van der Waals surface area contributed by atoms with Crippen molar-refractivity contribution in [1.29, 1.82) is 0 Å². The van der Waals surface area contributed by atoms with Crippen LogP contribution in [0.1, 0.15) is 33.6 Å².